The highest BCUT2D eigenvalue weighted by Gasteiger charge is 2.60. The quantitative estimate of drug-likeness (QED) is 0.457. The van der Waals surface area contributed by atoms with E-state index in [0.29, 0.717) is 24.3 Å². The smallest absolute Gasteiger partial charge is 0.335 e. The van der Waals surface area contributed by atoms with E-state index in [-0.39, 0.29) is 41.7 Å². The molecular weight excluding hydrogens is 549 g/mol. The standard InChI is InChI=1S/C24H18ClF7N2O2S/c25-18-7-16(5-6-17(18)23(27,28)29)22(24(30,31)32)8-19(33-36-22)13-1-3-15(4-2-13)21(26)11-34(12-21)20(35)14-9-37-10-14/h1-8,14,33H,9-12H2. The Kier molecular flexibility index (Phi) is 6.23. The van der Waals surface area contributed by atoms with Gasteiger partial charge in [-0.25, -0.2) is 4.39 Å². The highest BCUT2D eigenvalue weighted by Crippen LogP contribution is 2.49. The number of alkyl halides is 7. The summed E-state index contributed by atoms with van der Waals surface area (Å²) in [7, 11) is 0. The van der Waals surface area contributed by atoms with Gasteiger partial charge in [0.2, 0.25) is 11.5 Å². The van der Waals surface area contributed by atoms with E-state index in [2.05, 4.69) is 5.48 Å². The van der Waals surface area contributed by atoms with Crippen molar-refractivity contribution in [2.45, 2.75) is 23.6 Å². The van der Waals surface area contributed by atoms with Gasteiger partial charge in [-0.3, -0.25) is 15.1 Å². The fourth-order valence-electron chi connectivity index (χ4n) is 4.44. The van der Waals surface area contributed by atoms with Crippen molar-refractivity contribution in [2.24, 2.45) is 5.92 Å². The summed E-state index contributed by atoms with van der Waals surface area (Å²) in [6, 6.07) is 7.33. The first-order chi connectivity index (χ1) is 17.2. The molecule has 13 heteroatoms. The molecule has 3 aliphatic heterocycles. The number of hydrogen-bond acceptors (Lipinski definition) is 4. The van der Waals surface area contributed by atoms with Crippen molar-refractivity contribution in [3.05, 3.63) is 75.8 Å². The number of rotatable bonds is 4. The van der Waals surface area contributed by atoms with Crippen LogP contribution in [0.25, 0.3) is 5.70 Å². The molecule has 1 amide bonds. The molecule has 3 heterocycles. The van der Waals surface area contributed by atoms with Gasteiger partial charge in [0.05, 0.1) is 35.3 Å². The molecule has 0 spiro atoms. The Morgan fingerprint density at radius 3 is 2.16 bits per heavy atom. The molecule has 2 fully saturated rings. The minimum Gasteiger partial charge on any atom is -0.335 e. The number of nitrogens with one attached hydrogen (secondary N) is 1. The highest BCUT2D eigenvalue weighted by atomic mass is 35.5. The van der Waals surface area contributed by atoms with Crippen molar-refractivity contribution < 1.29 is 40.4 Å². The van der Waals surface area contributed by atoms with E-state index in [1.807, 2.05) is 0 Å². The Hall–Kier alpha value is -2.44. The van der Waals surface area contributed by atoms with E-state index in [1.165, 1.54) is 29.2 Å². The summed E-state index contributed by atoms with van der Waals surface area (Å²) in [5.41, 5.74) is -4.20. The van der Waals surface area contributed by atoms with Crippen LogP contribution >= 0.6 is 23.4 Å². The third-order valence-electron chi connectivity index (χ3n) is 6.69. The summed E-state index contributed by atoms with van der Waals surface area (Å²) in [6.07, 6.45) is -9.20. The Morgan fingerprint density at radius 2 is 1.65 bits per heavy atom. The van der Waals surface area contributed by atoms with Crippen LogP contribution in [0.4, 0.5) is 30.7 Å². The minimum atomic E-state index is -5.06. The number of hydroxylamine groups is 1. The summed E-state index contributed by atoms with van der Waals surface area (Å²) in [4.78, 5) is 18.6. The largest absolute Gasteiger partial charge is 0.428 e. The summed E-state index contributed by atoms with van der Waals surface area (Å²) in [5, 5.41) is -0.902. The lowest BCUT2D eigenvalue weighted by Gasteiger charge is -2.46. The van der Waals surface area contributed by atoms with Gasteiger partial charge in [0, 0.05) is 17.1 Å². The van der Waals surface area contributed by atoms with Crippen LogP contribution < -0.4 is 5.48 Å². The van der Waals surface area contributed by atoms with Crippen LogP contribution in [-0.2, 0) is 27.1 Å². The molecule has 4 nitrogen and oxygen atoms in total. The van der Waals surface area contributed by atoms with E-state index in [9.17, 15) is 31.1 Å². The fraction of sp³-hybridized carbons (Fsp3) is 0.375. The van der Waals surface area contributed by atoms with E-state index in [0.717, 1.165) is 11.5 Å². The van der Waals surface area contributed by atoms with Gasteiger partial charge >= 0.3 is 12.4 Å². The van der Waals surface area contributed by atoms with Gasteiger partial charge < -0.3 is 4.90 Å². The summed E-state index contributed by atoms with van der Waals surface area (Å²) < 4.78 is 96.9. The van der Waals surface area contributed by atoms with Gasteiger partial charge in [-0.2, -0.15) is 38.1 Å². The second kappa shape index (κ2) is 8.81. The number of hydrogen-bond donors (Lipinski definition) is 1. The van der Waals surface area contributed by atoms with Crippen LogP contribution in [0.5, 0.6) is 0 Å². The van der Waals surface area contributed by atoms with Crippen LogP contribution in [0.1, 0.15) is 22.3 Å². The van der Waals surface area contributed by atoms with E-state index in [1.54, 1.807) is 11.8 Å². The molecule has 5 rings (SSSR count). The second-order valence-corrected chi connectivity index (χ2v) is 10.6. The zero-order valence-corrected chi connectivity index (χ0v) is 20.3. The van der Waals surface area contributed by atoms with Crippen LogP contribution in [0.3, 0.4) is 0 Å². The van der Waals surface area contributed by atoms with Crippen molar-refractivity contribution >= 4 is 35.0 Å². The molecule has 1 atom stereocenters. The molecule has 198 valence electrons. The fourth-order valence-corrected chi connectivity index (χ4v) is 5.49. The number of likely N-dealkylation sites (tertiary alicyclic amines) is 1. The van der Waals surface area contributed by atoms with E-state index in [4.69, 9.17) is 16.4 Å². The Morgan fingerprint density at radius 1 is 1.03 bits per heavy atom. The molecule has 0 saturated carbocycles. The zero-order chi connectivity index (χ0) is 26.8. The van der Waals surface area contributed by atoms with Crippen LogP contribution in [0.2, 0.25) is 5.02 Å². The predicted octanol–water partition coefficient (Wildman–Crippen LogP) is 6.06. The van der Waals surface area contributed by atoms with Gasteiger partial charge in [-0.05, 0) is 29.3 Å². The van der Waals surface area contributed by atoms with Crippen LogP contribution in [0, 0.1) is 5.92 Å². The van der Waals surface area contributed by atoms with Crippen LogP contribution in [-0.4, -0.2) is 41.6 Å². The first-order valence-corrected chi connectivity index (χ1v) is 12.5. The topological polar surface area (TPSA) is 41.6 Å². The number of thioether (sulfide) groups is 1. The van der Waals surface area contributed by atoms with Gasteiger partial charge in [-0.1, -0.05) is 41.9 Å². The summed E-state index contributed by atoms with van der Waals surface area (Å²) >= 11 is 7.30. The van der Waals surface area contributed by atoms with Crippen LogP contribution in [0.15, 0.2) is 48.5 Å². The predicted molar refractivity (Wildman–Crippen MR) is 123 cm³/mol. The molecular formula is C24H18ClF7N2O2S. The number of nitrogens with zero attached hydrogens (tertiary/aromatic N) is 1. The van der Waals surface area contributed by atoms with Gasteiger partial charge in [0.25, 0.3) is 0 Å². The molecule has 0 aromatic heterocycles. The normalized spacial score (nSPS) is 23.7. The molecule has 2 aromatic carbocycles. The highest BCUT2D eigenvalue weighted by molar-refractivity contribution is 8.00. The van der Waals surface area contributed by atoms with Crippen molar-refractivity contribution in [1.82, 2.24) is 10.4 Å². The molecule has 1 unspecified atom stereocenters. The first kappa shape index (κ1) is 26.2. The number of halogens is 8. The van der Waals surface area contributed by atoms with Gasteiger partial charge in [-0.15, -0.1) is 0 Å². The van der Waals surface area contributed by atoms with Crippen molar-refractivity contribution in [3.8, 4) is 0 Å². The third kappa shape index (κ3) is 4.46. The van der Waals surface area contributed by atoms with Gasteiger partial charge in [0.15, 0.2) is 5.67 Å². The SMILES string of the molecule is O=C(C1CSC1)N1CC(F)(c2ccc(C3=CC(c4ccc(C(F)(F)F)c(Cl)c4)(C(F)(F)F)ON3)cc2)C1. The number of benzene rings is 2. The van der Waals surface area contributed by atoms with E-state index >= 15 is 4.39 Å². The Labute approximate surface area is 215 Å². The summed E-state index contributed by atoms with van der Waals surface area (Å²) in [5.74, 6) is 1.30. The molecule has 0 aliphatic carbocycles. The maximum atomic E-state index is 15.3. The molecule has 0 radical (unpaired) electrons. The van der Waals surface area contributed by atoms with Crippen molar-refractivity contribution in [3.63, 3.8) is 0 Å². The average molecular weight is 567 g/mol. The monoisotopic (exact) mass is 566 g/mol. The van der Waals surface area contributed by atoms with Crippen molar-refractivity contribution in [2.75, 3.05) is 24.6 Å². The average Bonchev–Trinajstić information content (AvgIpc) is 3.22. The van der Waals surface area contributed by atoms with E-state index < -0.39 is 39.8 Å². The summed E-state index contributed by atoms with van der Waals surface area (Å²) in [6.45, 7) is -0.190. The lowest BCUT2D eigenvalue weighted by Crippen LogP contribution is -2.61. The number of carbonyl (C=O) groups excluding carboxylic acids is 1. The van der Waals surface area contributed by atoms with Gasteiger partial charge in [0.1, 0.15) is 0 Å². The molecule has 37 heavy (non-hydrogen) atoms. The molecule has 1 N–H and O–H groups in total. The van der Waals surface area contributed by atoms with Crippen molar-refractivity contribution in [1.29, 1.82) is 0 Å². The Bertz CT molecular complexity index is 1260. The third-order valence-corrected chi connectivity index (χ3v) is 8.28. The maximum absolute atomic E-state index is 15.3. The second-order valence-electron chi connectivity index (χ2n) is 9.16. The minimum absolute atomic E-state index is 0.0760. The number of amides is 1. The molecule has 0 bridgehead atoms. The maximum Gasteiger partial charge on any atom is 0.428 e. The first-order valence-electron chi connectivity index (χ1n) is 11.0. The lowest BCUT2D eigenvalue weighted by molar-refractivity contribution is -0.269. The number of carbonyl (C=O) groups is 1. The Balaban J connectivity index is 1.38. The lowest BCUT2D eigenvalue weighted by atomic mass is 9.86. The molecule has 3 aliphatic rings. The zero-order valence-electron chi connectivity index (χ0n) is 18.7. The molecule has 2 aromatic rings. The molecule has 2 saturated heterocycles.